The summed E-state index contributed by atoms with van der Waals surface area (Å²) in [6.07, 6.45) is 7.20. The molecule has 0 bridgehead atoms. The van der Waals surface area contributed by atoms with Crippen molar-refractivity contribution in [1.29, 1.82) is 0 Å². The van der Waals surface area contributed by atoms with Crippen LogP contribution in [0.25, 0.3) is 0 Å². The van der Waals surface area contributed by atoms with Gasteiger partial charge in [-0.2, -0.15) is 0 Å². The molecule has 1 aliphatic rings. The second-order valence-corrected chi connectivity index (χ2v) is 6.19. The van der Waals surface area contributed by atoms with Gasteiger partial charge in [-0.15, -0.1) is 0 Å². The second-order valence-electron chi connectivity index (χ2n) is 5.01. The molecule has 0 amide bonds. The van der Waals surface area contributed by atoms with E-state index in [2.05, 4.69) is 32.9 Å². The maximum atomic E-state index is 11.4. The summed E-state index contributed by atoms with van der Waals surface area (Å²) in [6, 6.07) is 0. The van der Waals surface area contributed by atoms with Crippen LogP contribution in [-0.2, 0) is 4.79 Å². The third-order valence-electron chi connectivity index (χ3n) is 3.02. The standard InChI is InChI=1S/C15H22O2S/c1-10(2)6-5-7-11(3)8-9-13-14(16)12(4)15(17)18-13/h6,8,13,16H,5,7,9H2,1-4H3. The molecule has 0 radical (unpaired) electrons. The van der Waals surface area contributed by atoms with Crippen LogP contribution in [0.4, 0.5) is 0 Å². The minimum Gasteiger partial charge on any atom is -0.511 e. The fourth-order valence-electron chi connectivity index (χ4n) is 1.78. The van der Waals surface area contributed by atoms with E-state index in [1.807, 2.05) is 0 Å². The summed E-state index contributed by atoms with van der Waals surface area (Å²) in [5.41, 5.74) is 3.18. The van der Waals surface area contributed by atoms with Crippen LogP contribution in [0.5, 0.6) is 0 Å². The molecule has 0 fully saturated rings. The Morgan fingerprint density at radius 3 is 2.50 bits per heavy atom. The van der Waals surface area contributed by atoms with E-state index in [-0.39, 0.29) is 16.1 Å². The third-order valence-corrected chi connectivity index (χ3v) is 4.24. The first-order valence-corrected chi connectivity index (χ1v) is 7.19. The first kappa shape index (κ1) is 15.1. The molecule has 0 aromatic carbocycles. The topological polar surface area (TPSA) is 37.3 Å². The number of aliphatic hydroxyl groups is 1. The monoisotopic (exact) mass is 266 g/mol. The zero-order valence-corrected chi connectivity index (χ0v) is 12.4. The van der Waals surface area contributed by atoms with E-state index in [0.29, 0.717) is 5.57 Å². The van der Waals surface area contributed by atoms with Crippen LogP contribution in [0, 0.1) is 0 Å². The Bertz CT molecular complexity index is 412. The number of rotatable bonds is 5. The Hall–Kier alpha value is -0.960. The van der Waals surface area contributed by atoms with Crippen molar-refractivity contribution in [2.45, 2.75) is 52.2 Å². The van der Waals surface area contributed by atoms with E-state index >= 15 is 0 Å². The summed E-state index contributed by atoms with van der Waals surface area (Å²) < 4.78 is 0. The highest BCUT2D eigenvalue weighted by Crippen LogP contribution is 2.34. The maximum Gasteiger partial charge on any atom is 0.219 e. The highest BCUT2D eigenvalue weighted by molar-refractivity contribution is 8.15. The SMILES string of the molecule is CC(C)=CCCC(C)=CCC1SC(=O)C(C)=C1O. The van der Waals surface area contributed by atoms with Crippen molar-refractivity contribution >= 4 is 16.9 Å². The van der Waals surface area contributed by atoms with Crippen LogP contribution >= 0.6 is 11.8 Å². The second kappa shape index (κ2) is 6.83. The van der Waals surface area contributed by atoms with Crippen LogP contribution < -0.4 is 0 Å². The Morgan fingerprint density at radius 2 is 2.00 bits per heavy atom. The van der Waals surface area contributed by atoms with Gasteiger partial charge in [-0.1, -0.05) is 35.1 Å². The quantitative estimate of drug-likeness (QED) is 0.742. The number of hydrogen-bond acceptors (Lipinski definition) is 3. The van der Waals surface area contributed by atoms with E-state index in [4.69, 9.17) is 0 Å². The number of carbonyl (C=O) groups is 1. The van der Waals surface area contributed by atoms with Gasteiger partial charge in [0.05, 0.1) is 5.25 Å². The molecule has 1 aliphatic heterocycles. The number of hydrogen-bond donors (Lipinski definition) is 1. The molecule has 1 rings (SSSR count). The molecule has 100 valence electrons. The van der Waals surface area contributed by atoms with Crippen molar-refractivity contribution in [2.75, 3.05) is 0 Å². The fraction of sp³-hybridized carbons (Fsp3) is 0.533. The van der Waals surface area contributed by atoms with Crippen molar-refractivity contribution < 1.29 is 9.90 Å². The summed E-state index contributed by atoms with van der Waals surface area (Å²) in [5, 5.41) is 9.72. The zero-order chi connectivity index (χ0) is 13.7. The summed E-state index contributed by atoms with van der Waals surface area (Å²) in [6.45, 7) is 8.00. The Kier molecular flexibility index (Phi) is 5.73. The number of thioether (sulfide) groups is 1. The van der Waals surface area contributed by atoms with Crippen molar-refractivity contribution in [1.82, 2.24) is 0 Å². The molecule has 0 saturated carbocycles. The lowest BCUT2D eigenvalue weighted by molar-refractivity contribution is -0.107. The predicted octanol–water partition coefficient (Wildman–Crippen LogP) is 4.54. The molecule has 2 nitrogen and oxygen atoms in total. The lowest BCUT2D eigenvalue weighted by Crippen LogP contribution is -2.01. The minimum atomic E-state index is -0.0732. The smallest absolute Gasteiger partial charge is 0.219 e. The van der Waals surface area contributed by atoms with Gasteiger partial charge in [0, 0.05) is 5.57 Å². The largest absolute Gasteiger partial charge is 0.511 e. The summed E-state index contributed by atoms with van der Waals surface area (Å²) in [7, 11) is 0. The minimum absolute atomic E-state index is 0.00749. The first-order valence-electron chi connectivity index (χ1n) is 6.31. The van der Waals surface area contributed by atoms with Gasteiger partial charge in [-0.3, -0.25) is 4.79 Å². The van der Waals surface area contributed by atoms with Crippen molar-refractivity contribution in [3.63, 3.8) is 0 Å². The van der Waals surface area contributed by atoms with Crippen LogP contribution in [-0.4, -0.2) is 15.5 Å². The van der Waals surface area contributed by atoms with Gasteiger partial charge in [0.15, 0.2) is 0 Å². The van der Waals surface area contributed by atoms with E-state index in [1.54, 1.807) is 6.92 Å². The molecule has 1 N–H and O–H groups in total. The van der Waals surface area contributed by atoms with E-state index < -0.39 is 0 Å². The molecule has 0 aromatic heterocycles. The van der Waals surface area contributed by atoms with E-state index in [9.17, 15) is 9.90 Å². The summed E-state index contributed by atoms with van der Waals surface area (Å²) in [5.74, 6) is 0.262. The van der Waals surface area contributed by atoms with Gasteiger partial charge >= 0.3 is 0 Å². The van der Waals surface area contributed by atoms with Crippen LogP contribution in [0.2, 0.25) is 0 Å². The first-order chi connectivity index (χ1) is 8.41. The molecular weight excluding hydrogens is 244 g/mol. The number of allylic oxidation sites excluding steroid dienone is 4. The molecule has 18 heavy (non-hydrogen) atoms. The third kappa shape index (κ3) is 4.37. The van der Waals surface area contributed by atoms with Crippen LogP contribution in [0.15, 0.2) is 34.6 Å². The molecule has 1 heterocycles. The zero-order valence-electron chi connectivity index (χ0n) is 11.6. The maximum absolute atomic E-state index is 11.4. The molecule has 0 saturated heterocycles. The lowest BCUT2D eigenvalue weighted by atomic mass is 10.1. The van der Waals surface area contributed by atoms with Gasteiger partial charge in [0.2, 0.25) is 5.12 Å². The van der Waals surface area contributed by atoms with E-state index in [1.165, 1.54) is 22.9 Å². The predicted molar refractivity (Wildman–Crippen MR) is 78.8 cm³/mol. The van der Waals surface area contributed by atoms with Crippen molar-refractivity contribution in [2.24, 2.45) is 0 Å². The summed E-state index contributed by atoms with van der Waals surface area (Å²) in [4.78, 5) is 11.4. The normalized spacial score (nSPS) is 20.6. The highest BCUT2D eigenvalue weighted by atomic mass is 32.2. The lowest BCUT2D eigenvalue weighted by Gasteiger charge is -2.06. The Labute approximate surface area is 114 Å². The molecular formula is C15H22O2S. The molecule has 0 spiro atoms. The highest BCUT2D eigenvalue weighted by Gasteiger charge is 2.29. The van der Waals surface area contributed by atoms with Crippen molar-refractivity contribution in [3.05, 3.63) is 34.6 Å². The van der Waals surface area contributed by atoms with E-state index in [0.717, 1.165) is 19.3 Å². The van der Waals surface area contributed by atoms with Crippen LogP contribution in [0.1, 0.15) is 47.0 Å². The molecule has 1 atom stereocenters. The van der Waals surface area contributed by atoms with Crippen molar-refractivity contribution in [3.8, 4) is 0 Å². The molecule has 1 unspecified atom stereocenters. The Morgan fingerprint density at radius 1 is 1.33 bits per heavy atom. The summed E-state index contributed by atoms with van der Waals surface area (Å²) >= 11 is 1.23. The molecule has 0 aromatic rings. The average Bonchev–Trinajstić information content (AvgIpc) is 2.54. The van der Waals surface area contributed by atoms with Gasteiger partial charge in [0.25, 0.3) is 0 Å². The van der Waals surface area contributed by atoms with Gasteiger partial charge in [-0.05, 0) is 47.0 Å². The molecule has 0 aliphatic carbocycles. The van der Waals surface area contributed by atoms with Gasteiger partial charge in [0.1, 0.15) is 5.76 Å². The van der Waals surface area contributed by atoms with Gasteiger partial charge < -0.3 is 5.11 Å². The molecule has 3 heteroatoms. The van der Waals surface area contributed by atoms with Gasteiger partial charge in [-0.25, -0.2) is 0 Å². The average molecular weight is 266 g/mol. The Balaban J connectivity index is 2.45. The number of carbonyl (C=O) groups excluding carboxylic acids is 1. The number of aliphatic hydroxyl groups excluding tert-OH is 1. The van der Waals surface area contributed by atoms with Crippen LogP contribution in [0.3, 0.4) is 0 Å². The fourth-order valence-corrected chi connectivity index (χ4v) is 2.80.